The molecular weight excluding hydrogens is 240 g/mol. The van der Waals surface area contributed by atoms with E-state index in [1.54, 1.807) is 11.3 Å². The van der Waals surface area contributed by atoms with Crippen molar-refractivity contribution in [1.82, 2.24) is 9.97 Å². The molecule has 0 saturated carbocycles. The third-order valence-corrected chi connectivity index (χ3v) is 4.64. The zero-order valence-corrected chi connectivity index (χ0v) is 11.0. The van der Waals surface area contributed by atoms with Crippen molar-refractivity contribution in [3.8, 4) is 0 Å². The fourth-order valence-electron chi connectivity index (χ4n) is 2.40. The maximum atomic E-state index is 6.23. The zero-order chi connectivity index (χ0) is 11.3. The van der Waals surface area contributed by atoms with Gasteiger partial charge in [0, 0.05) is 4.88 Å². The average Bonchev–Trinajstić information content (AvgIpc) is 2.54. The number of aryl methyl sites for hydroxylation is 2. The van der Waals surface area contributed by atoms with Gasteiger partial charge in [0.05, 0.1) is 5.39 Å². The van der Waals surface area contributed by atoms with Gasteiger partial charge in [-0.05, 0) is 37.7 Å². The fraction of sp³-hybridized carbons (Fsp3) is 0.500. The number of halogens is 1. The molecule has 3 rings (SSSR count). The van der Waals surface area contributed by atoms with E-state index in [1.165, 1.54) is 23.3 Å². The number of rotatable bonds is 0. The smallest absolute Gasteiger partial charge is 0.141 e. The van der Waals surface area contributed by atoms with Gasteiger partial charge >= 0.3 is 0 Å². The average molecular weight is 253 g/mol. The molecule has 0 amide bonds. The minimum Gasteiger partial charge on any atom is -0.222 e. The van der Waals surface area contributed by atoms with Crippen molar-refractivity contribution in [3.05, 3.63) is 21.4 Å². The molecule has 84 valence electrons. The van der Waals surface area contributed by atoms with Crippen molar-refractivity contribution >= 4 is 33.2 Å². The van der Waals surface area contributed by atoms with Crippen LogP contribution in [-0.2, 0) is 12.8 Å². The maximum Gasteiger partial charge on any atom is 0.141 e. The van der Waals surface area contributed by atoms with Crippen LogP contribution in [0.1, 0.15) is 29.6 Å². The molecular formula is C12H13ClN2S. The Morgan fingerprint density at radius 2 is 2.19 bits per heavy atom. The second kappa shape index (κ2) is 3.67. The number of hydrogen-bond acceptors (Lipinski definition) is 3. The first kappa shape index (κ1) is 10.5. The van der Waals surface area contributed by atoms with Gasteiger partial charge in [-0.15, -0.1) is 11.3 Å². The molecule has 0 radical (unpaired) electrons. The van der Waals surface area contributed by atoms with Gasteiger partial charge in [0.2, 0.25) is 0 Å². The summed E-state index contributed by atoms with van der Waals surface area (Å²) < 4.78 is 0. The summed E-state index contributed by atoms with van der Waals surface area (Å²) in [7, 11) is 0. The molecule has 0 unspecified atom stereocenters. The molecule has 0 aromatic carbocycles. The molecule has 1 aliphatic carbocycles. The lowest BCUT2D eigenvalue weighted by Crippen LogP contribution is -2.08. The van der Waals surface area contributed by atoms with Crippen LogP contribution in [0, 0.1) is 12.8 Å². The van der Waals surface area contributed by atoms with Gasteiger partial charge in [-0.1, -0.05) is 18.5 Å². The molecule has 2 aromatic heterocycles. The van der Waals surface area contributed by atoms with Crippen LogP contribution >= 0.6 is 22.9 Å². The SMILES string of the molecule is Cc1nc(Cl)c2c3c(sc2n1)C[C@H](C)CC3. The Labute approximate surface area is 104 Å². The third-order valence-electron chi connectivity index (χ3n) is 3.22. The van der Waals surface area contributed by atoms with E-state index in [0.717, 1.165) is 28.4 Å². The second-order valence-electron chi connectivity index (χ2n) is 4.59. The fourth-order valence-corrected chi connectivity index (χ4v) is 4.21. The van der Waals surface area contributed by atoms with E-state index in [4.69, 9.17) is 11.6 Å². The normalized spacial score (nSPS) is 20.1. The summed E-state index contributed by atoms with van der Waals surface area (Å²) in [4.78, 5) is 11.3. The van der Waals surface area contributed by atoms with Gasteiger partial charge in [-0.25, -0.2) is 9.97 Å². The molecule has 1 aliphatic rings. The molecule has 0 N–H and O–H groups in total. The molecule has 0 fully saturated rings. The van der Waals surface area contributed by atoms with Crippen LogP contribution in [0.4, 0.5) is 0 Å². The van der Waals surface area contributed by atoms with E-state index in [9.17, 15) is 0 Å². The molecule has 2 aromatic rings. The van der Waals surface area contributed by atoms with Gasteiger partial charge in [-0.3, -0.25) is 0 Å². The Balaban J connectivity index is 2.29. The van der Waals surface area contributed by atoms with Crippen LogP contribution in [0.15, 0.2) is 0 Å². The van der Waals surface area contributed by atoms with Crippen LogP contribution < -0.4 is 0 Å². The summed E-state index contributed by atoms with van der Waals surface area (Å²) >= 11 is 8.03. The predicted molar refractivity (Wildman–Crippen MR) is 68.4 cm³/mol. The summed E-state index contributed by atoms with van der Waals surface area (Å²) in [6.07, 6.45) is 3.55. The Kier molecular flexibility index (Phi) is 2.41. The van der Waals surface area contributed by atoms with Crippen LogP contribution in [0.25, 0.3) is 10.2 Å². The molecule has 4 heteroatoms. The Morgan fingerprint density at radius 1 is 1.38 bits per heavy atom. The Bertz CT molecular complexity index is 562. The van der Waals surface area contributed by atoms with Gasteiger partial charge < -0.3 is 0 Å². The monoisotopic (exact) mass is 252 g/mol. The number of hydrogen-bond donors (Lipinski definition) is 0. The van der Waals surface area contributed by atoms with Crippen molar-refractivity contribution in [2.45, 2.75) is 33.1 Å². The van der Waals surface area contributed by atoms with E-state index in [0.29, 0.717) is 5.15 Å². The summed E-state index contributed by atoms with van der Waals surface area (Å²) in [6, 6.07) is 0. The number of nitrogens with zero attached hydrogens (tertiary/aromatic N) is 2. The molecule has 0 aliphatic heterocycles. The van der Waals surface area contributed by atoms with Crippen molar-refractivity contribution in [2.24, 2.45) is 5.92 Å². The first-order chi connectivity index (χ1) is 7.65. The first-order valence-electron chi connectivity index (χ1n) is 5.59. The van der Waals surface area contributed by atoms with Gasteiger partial charge in [0.1, 0.15) is 15.8 Å². The first-order valence-corrected chi connectivity index (χ1v) is 6.79. The van der Waals surface area contributed by atoms with Crippen LogP contribution in [-0.4, -0.2) is 9.97 Å². The van der Waals surface area contributed by atoms with Crippen LogP contribution in [0.2, 0.25) is 5.15 Å². The van der Waals surface area contributed by atoms with Crippen molar-refractivity contribution in [1.29, 1.82) is 0 Å². The lowest BCUT2D eigenvalue weighted by atomic mass is 9.89. The highest BCUT2D eigenvalue weighted by Crippen LogP contribution is 2.39. The van der Waals surface area contributed by atoms with Crippen molar-refractivity contribution in [2.75, 3.05) is 0 Å². The maximum absolute atomic E-state index is 6.23. The molecule has 0 saturated heterocycles. The lowest BCUT2D eigenvalue weighted by molar-refractivity contribution is 0.509. The van der Waals surface area contributed by atoms with E-state index >= 15 is 0 Å². The van der Waals surface area contributed by atoms with Crippen molar-refractivity contribution in [3.63, 3.8) is 0 Å². The van der Waals surface area contributed by atoms with E-state index in [2.05, 4.69) is 16.9 Å². The predicted octanol–water partition coefficient (Wildman–Crippen LogP) is 3.78. The number of aromatic nitrogens is 2. The standard InChI is InChI=1S/C12H13ClN2S/c1-6-3-4-8-9(5-6)16-12-10(8)11(13)14-7(2)15-12/h6H,3-5H2,1-2H3/t6-/m1/s1. The second-order valence-corrected chi connectivity index (χ2v) is 6.04. The minimum atomic E-state index is 0.634. The number of fused-ring (bicyclic) bond motifs is 3. The molecule has 0 bridgehead atoms. The van der Waals surface area contributed by atoms with Gasteiger partial charge in [-0.2, -0.15) is 0 Å². The summed E-state index contributed by atoms with van der Waals surface area (Å²) in [5, 5.41) is 1.74. The van der Waals surface area contributed by atoms with Gasteiger partial charge in [0.25, 0.3) is 0 Å². The molecule has 0 spiro atoms. The van der Waals surface area contributed by atoms with Crippen molar-refractivity contribution < 1.29 is 0 Å². The number of thiophene rings is 1. The highest BCUT2D eigenvalue weighted by Gasteiger charge is 2.22. The van der Waals surface area contributed by atoms with Gasteiger partial charge in [0.15, 0.2) is 0 Å². The van der Waals surface area contributed by atoms with E-state index in [-0.39, 0.29) is 0 Å². The Morgan fingerprint density at radius 3 is 3.00 bits per heavy atom. The summed E-state index contributed by atoms with van der Waals surface area (Å²) in [5.41, 5.74) is 1.41. The molecule has 16 heavy (non-hydrogen) atoms. The minimum absolute atomic E-state index is 0.634. The molecule has 2 heterocycles. The highest BCUT2D eigenvalue weighted by molar-refractivity contribution is 7.19. The topological polar surface area (TPSA) is 25.8 Å². The summed E-state index contributed by atoms with van der Waals surface area (Å²) in [5.74, 6) is 1.55. The third kappa shape index (κ3) is 1.54. The lowest BCUT2D eigenvalue weighted by Gasteiger charge is -2.17. The van der Waals surface area contributed by atoms with E-state index < -0.39 is 0 Å². The Hall–Kier alpha value is -0.670. The van der Waals surface area contributed by atoms with E-state index in [1.807, 2.05) is 6.92 Å². The largest absolute Gasteiger partial charge is 0.222 e. The molecule has 1 atom stereocenters. The quantitative estimate of drug-likeness (QED) is 0.667. The molecule has 2 nitrogen and oxygen atoms in total. The van der Waals surface area contributed by atoms with Crippen LogP contribution in [0.3, 0.4) is 0 Å². The van der Waals surface area contributed by atoms with Crippen LogP contribution in [0.5, 0.6) is 0 Å². The highest BCUT2D eigenvalue weighted by atomic mass is 35.5. The zero-order valence-electron chi connectivity index (χ0n) is 9.38. The summed E-state index contributed by atoms with van der Waals surface area (Å²) in [6.45, 7) is 4.21.